The number of aryl methyl sites for hydroxylation is 1. The lowest BCUT2D eigenvalue weighted by atomic mass is 9.78. The molecule has 184 valence electrons. The number of anilines is 2. The summed E-state index contributed by atoms with van der Waals surface area (Å²) in [5, 5.41) is 14.2. The number of esters is 2. The molecule has 0 amide bonds. The third-order valence-electron chi connectivity index (χ3n) is 5.91. The fraction of sp³-hybridized carbons (Fsp3) is 0.400. The first-order valence-corrected chi connectivity index (χ1v) is 12.3. The monoisotopic (exact) mass is 496 g/mol. The lowest BCUT2D eigenvalue weighted by Crippen LogP contribution is -2.32. The van der Waals surface area contributed by atoms with Crippen LogP contribution in [-0.2, 0) is 14.3 Å². The van der Waals surface area contributed by atoms with Crippen molar-refractivity contribution in [2.75, 3.05) is 19.0 Å². The second-order valence-corrected chi connectivity index (χ2v) is 9.52. The van der Waals surface area contributed by atoms with E-state index in [1.807, 2.05) is 19.1 Å². The zero-order chi connectivity index (χ0) is 24.9. The topological polar surface area (TPSA) is 124 Å². The number of ether oxygens (including phenoxy) is 2. The minimum absolute atomic E-state index is 0.191. The van der Waals surface area contributed by atoms with Gasteiger partial charge in [-0.25, -0.2) is 19.7 Å². The van der Waals surface area contributed by atoms with Crippen LogP contribution in [0.25, 0.3) is 10.6 Å². The Hall–Kier alpha value is -3.37. The lowest BCUT2D eigenvalue weighted by molar-refractivity contribution is -0.150. The third kappa shape index (κ3) is 5.83. The van der Waals surface area contributed by atoms with E-state index in [0.29, 0.717) is 43.1 Å². The molecule has 0 aliphatic heterocycles. The summed E-state index contributed by atoms with van der Waals surface area (Å²) in [4.78, 5) is 38.8. The van der Waals surface area contributed by atoms with Crippen molar-refractivity contribution in [3.8, 4) is 10.6 Å². The summed E-state index contributed by atoms with van der Waals surface area (Å²) in [6.45, 7) is 4.08. The molecule has 0 spiro atoms. The van der Waals surface area contributed by atoms with Crippen LogP contribution in [-0.4, -0.2) is 51.8 Å². The lowest BCUT2D eigenvalue weighted by Gasteiger charge is -2.31. The van der Waals surface area contributed by atoms with Crippen LogP contribution < -0.4 is 5.32 Å². The quantitative estimate of drug-likeness (QED) is 0.462. The maximum Gasteiger partial charge on any atom is 0.338 e. The second kappa shape index (κ2) is 10.9. The van der Waals surface area contributed by atoms with Crippen LogP contribution in [0.2, 0.25) is 0 Å². The van der Waals surface area contributed by atoms with Gasteiger partial charge in [0.15, 0.2) is 0 Å². The normalized spacial score (nSPS) is 19.7. The number of aliphatic hydroxyl groups is 1. The summed E-state index contributed by atoms with van der Waals surface area (Å²) in [7, 11) is 1.33. The van der Waals surface area contributed by atoms with Crippen molar-refractivity contribution in [1.82, 2.24) is 15.0 Å². The molecule has 3 atom stereocenters. The Balaban J connectivity index is 1.58. The van der Waals surface area contributed by atoms with Crippen LogP contribution in [0.1, 0.15) is 53.0 Å². The van der Waals surface area contributed by atoms with E-state index in [1.54, 1.807) is 25.3 Å². The smallest absolute Gasteiger partial charge is 0.338 e. The zero-order valence-corrected chi connectivity index (χ0v) is 20.7. The molecule has 3 aromatic heterocycles. The number of hydrogen-bond acceptors (Lipinski definition) is 10. The molecule has 3 unspecified atom stereocenters. The van der Waals surface area contributed by atoms with Crippen molar-refractivity contribution >= 4 is 34.9 Å². The van der Waals surface area contributed by atoms with E-state index < -0.39 is 12.1 Å². The van der Waals surface area contributed by atoms with E-state index in [1.165, 1.54) is 24.6 Å². The Morgan fingerprint density at radius 3 is 2.80 bits per heavy atom. The molecule has 3 heterocycles. The minimum Gasteiger partial charge on any atom is -0.466 e. The van der Waals surface area contributed by atoms with Crippen molar-refractivity contribution in [3.05, 3.63) is 52.8 Å². The van der Waals surface area contributed by atoms with E-state index in [9.17, 15) is 14.7 Å². The molecule has 0 aromatic carbocycles. The Labute approximate surface area is 207 Å². The molecular weight excluding hydrogens is 468 g/mol. The molecular formula is C25H28N4O5S. The van der Waals surface area contributed by atoms with E-state index in [-0.39, 0.29) is 17.8 Å². The molecule has 2 N–H and O–H groups in total. The van der Waals surface area contributed by atoms with Gasteiger partial charge in [0.1, 0.15) is 11.6 Å². The van der Waals surface area contributed by atoms with Gasteiger partial charge in [0, 0.05) is 18.3 Å². The zero-order valence-electron chi connectivity index (χ0n) is 19.9. The van der Waals surface area contributed by atoms with Gasteiger partial charge in [-0.1, -0.05) is 0 Å². The molecule has 3 aromatic rings. The standard InChI is InChI=1S/C25H28N4O5S/c1-4-34-25(32)17-6-5-16(30)12-18(17)23-27-13-20(35-23)19-9-14(2)10-22(28-19)29-21-11-15(7-8-26-21)24(31)33-3/h7-11,13,16-18,30H,4-6,12H2,1-3H3,(H,26,28,29). The van der Waals surface area contributed by atoms with Gasteiger partial charge < -0.3 is 19.9 Å². The number of aromatic nitrogens is 3. The average molecular weight is 497 g/mol. The highest BCUT2D eigenvalue weighted by Crippen LogP contribution is 2.42. The van der Waals surface area contributed by atoms with Crippen molar-refractivity contribution in [1.29, 1.82) is 0 Å². The summed E-state index contributed by atoms with van der Waals surface area (Å²) >= 11 is 1.47. The van der Waals surface area contributed by atoms with E-state index in [4.69, 9.17) is 14.5 Å². The fourth-order valence-corrected chi connectivity index (χ4v) is 5.32. The summed E-state index contributed by atoms with van der Waals surface area (Å²) < 4.78 is 10.1. The van der Waals surface area contributed by atoms with E-state index in [0.717, 1.165) is 21.1 Å². The van der Waals surface area contributed by atoms with Crippen LogP contribution in [0, 0.1) is 12.8 Å². The molecule has 9 nitrogen and oxygen atoms in total. The van der Waals surface area contributed by atoms with Crippen LogP contribution >= 0.6 is 11.3 Å². The van der Waals surface area contributed by atoms with E-state index >= 15 is 0 Å². The largest absolute Gasteiger partial charge is 0.466 e. The van der Waals surface area contributed by atoms with Crippen LogP contribution in [0.4, 0.5) is 11.6 Å². The highest BCUT2D eigenvalue weighted by molar-refractivity contribution is 7.15. The Morgan fingerprint density at radius 1 is 1.20 bits per heavy atom. The van der Waals surface area contributed by atoms with E-state index in [2.05, 4.69) is 15.3 Å². The van der Waals surface area contributed by atoms with Crippen LogP contribution in [0.5, 0.6) is 0 Å². The van der Waals surface area contributed by atoms with Gasteiger partial charge in [-0.15, -0.1) is 11.3 Å². The molecule has 1 aliphatic rings. The van der Waals surface area contributed by atoms with Gasteiger partial charge >= 0.3 is 11.9 Å². The van der Waals surface area contributed by atoms with Crippen LogP contribution in [0.3, 0.4) is 0 Å². The summed E-state index contributed by atoms with van der Waals surface area (Å²) in [6, 6.07) is 7.02. The summed E-state index contributed by atoms with van der Waals surface area (Å²) in [5.41, 5.74) is 2.09. The summed E-state index contributed by atoms with van der Waals surface area (Å²) in [5.74, 6) is -0.141. The minimum atomic E-state index is -0.459. The number of pyridine rings is 2. The van der Waals surface area contributed by atoms with Crippen molar-refractivity contribution in [2.24, 2.45) is 5.92 Å². The first-order valence-electron chi connectivity index (χ1n) is 11.5. The molecule has 1 aliphatic carbocycles. The SMILES string of the molecule is CCOC(=O)C1CCC(O)CC1c1ncc(-c2cc(C)cc(Nc3cc(C(=O)OC)ccn3)n2)s1. The predicted molar refractivity (Wildman–Crippen MR) is 132 cm³/mol. The number of nitrogens with zero attached hydrogens (tertiary/aromatic N) is 3. The maximum atomic E-state index is 12.5. The number of rotatable bonds is 7. The molecule has 0 bridgehead atoms. The van der Waals surface area contributed by atoms with Gasteiger partial charge in [-0.05, 0) is 62.9 Å². The molecule has 0 radical (unpaired) electrons. The Morgan fingerprint density at radius 2 is 2.03 bits per heavy atom. The highest BCUT2D eigenvalue weighted by atomic mass is 32.1. The first kappa shape index (κ1) is 24.7. The highest BCUT2D eigenvalue weighted by Gasteiger charge is 2.38. The van der Waals surface area contributed by atoms with Gasteiger partial charge in [0.2, 0.25) is 0 Å². The molecule has 1 fully saturated rings. The van der Waals surface area contributed by atoms with Crippen molar-refractivity contribution in [2.45, 2.75) is 45.1 Å². The molecule has 1 saturated carbocycles. The molecule has 35 heavy (non-hydrogen) atoms. The van der Waals surface area contributed by atoms with Gasteiger partial charge in [-0.3, -0.25) is 4.79 Å². The third-order valence-corrected chi connectivity index (χ3v) is 7.06. The number of methoxy groups -OCH3 is 1. The molecule has 10 heteroatoms. The molecule has 4 rings (SSSR count). The average Bonchev–Trinajstić information content (AvgIpc) is 3.34. The maximum absolute atomic E-state index is 12.5. The van der Waals surface area contributed by atoms with Crippen molar-refractivity contribution < 1.29 is 24.2 Å². The second-order valence-electron chi connectivity index (χ2n) is 8.46. The van der Waals surface area contributed by atoms with Gasteiger partial charge in [0.25, 0.3) is 0 Å². The summed E-state index contributed by atoms with van der Waals surface area (Å²) in [6.07, 6.45) is 4.46. The predicted octanol–water partition coefficient (Wildman–Crippen LogP) is 4.25. The Bertz CT molecular complexity index is 1210. The van der Waals surface area contributed by atoms with Crippen LogP contribution in [0.15, 0.2) is 36.7 Å². The van der Waals surface area contributed by atoms with Gasteiger partial charge in [-0.2, -0.15) is 0 Å². The van der Waals surface area contributed by atoms with Crippen molar-refractivity contribution in [3.63, 3.8) is 0 Å². The van der Waals surface area contributed by atoms with Gasteiger partial charge in [0.05, 0.1) is 46.9 Å². The number of thiazole rings is 1. The fourth-order valence-electron chi connectivity index (χ4n) is 4.26. The number of nitrogens with one attached hydrogen (secondary N) is 1. The first-order chi connectivity index (χ1) is 16.9. The molecule has 0 saturated heterocycles. The number of carbonyl (C=O) groups excluding carboxylic acids is 2. The number of hydrogen-bond donors (Lipinski definition) is 2. The number of carbonyl (C=O) groups is 2. The Kier molecular flexibility index (Phi) is 7.72. The number of aliphatic hydroxyl groups excluding tert-OH is 1.